The predicted molar refractivity (Wildman–Crippen MR) is 98.1 cm³/mol. The molecule has 134 valence electrons. The fraction of sp³-hybridized carbons (Fsp3) is 0.300. The summed E-state index contributed by atoms with van der Waals surface area (Å²) >= 11 is 0. The zero-order valence-electron chi connectivity index (χ0n) is 14.6. The first kappa shape index (κ1) is 18.3. The van der Waals surface area contributed by atoms with E-state index in [1.807, 2.05) is 25.1 Å². The SMILES string of the molecule is Cc1ccc(C(=O)C2CCCN(S(=O)(=O)c3ccccc3C#N)C2)cc1. The van der Waals surface area contributed by atoms with Crippen LogP contribution in [0.3, 0.4) is 0 Å². The number of piperidine rings is 1. The normalized spacial score (nSPS) is 18.2. The molecule has 5 nitrogen and oxygen atoms in total. The van der Waals surface area contributed by atoms with Gasteiger partial charge in [-0.2, -0.15) is 9.57 Å². The molecule has 0 saturated carbocycles. The van der Waals surface area contributed by atoms with E-state index >= 15 is 0 Å². The molecule has 0 amide bonds. The minimum atomic E-state index is -3.80. The molecular weight excluding hydrogens is 348 g/mol. The van der Waals surface area contributed by atoms with Gasteiger partial charge in [0.1, 0.15) is 6.07 Å². The molecule has 2 aromatic carbocycles. The Labute approximate surface area is 153 Å². The van der Waals surface area contributed by atoms with Crippen molar-refractivity contribution < 1.29 is 13.2 Å². The summed E-state index contributed by atoms with van der Waals surface area (Å²) in [6, 6.07) is 15.4. The number of carbonyl (C=O) groups excluding carboxylic acids is 1. The van der Waals surface area contributed by atoms with Crippen LogP contribution in [-0.4, -0.2) is 31.6 Å². The van der Waals surface area contributed by atoms with E-state index in [0.717, 1.165) is 5.56 Å². The summed E-state index contributed by atoms with van der Waals surface area (Å²) in [5.41, 5.74) is 1.80. The number of nitriles is 1. The van der Waals surface area contributed by atoms with Gasteiger partial charge in [0, 0.05) is 24.6 Å². The van der Waals surface area contributed by atoms with Crippen LogP contribution in [0.25, 0.3) is 0 Å². The van der Waals surface area contributed by atoms with Crippen LogP contribution >= 0.6 is 0 Å². The zero-order valence-corrected chi connectivity index (χ0v) is 15.4. The van der Waals surface area contributed by atoms with Crippen molar-refractivity contribution in [2.45, 2.75) is 24.7 Å². The number of benzene rings is 2. The number of hydrogen-bond acceptors (Lipinski definition) is 4. The highest BCUT2D eigenvalue weighted by atomic mass is 32.2. The number of nitrogens with zero attached hydrogens (tertiary/aromatic N) is 2. The van der Waals surface area contributed by atoms with E-state index in [1.165, 1.54) is 16.4 Å². The van der Waals surface area contributed by atoms with Gasteiger partial charge in [-0.1, -0.05) is 42.0 Å². The molecule has 26 heavy (non-hydrogen) atoms. The van der Waals surface area contributed by atoms with Gasteiger partial charge in [0.2, 0.25) is 10.0 Å². The molecule has 0 N–H and O–H groups in total. The van der Waals surface area contributed by atoms with Gasteiger partial charge in [-0.05, 0) is 31.9 Å². The molecule has 3 rings (SSSR count). The van der Waals surface area contributed by atoms with E-state index in [9.17, 15) is 18.5 Å². The lowest BCUT2D eigenvalue weighted by molar-refractivity contribution is 0.0872. The predicted octanol–water partition coefficient (Wildman–Crippen LogP) is 3.15. The van der Waals surface area contributed by atoms with Crippen molar-refractivity contribution in [1.29, 1.82) is 5.26 Å². The largest absolute Gasteiger partial charge is 0.294 e. The number of ketones is 1. The monoisotopic (exact) mass is 368 g/mol. The Morgan fingerprint density at radius 1 is 1.15 bits per heavy atom. The second-order valence-electron chi connectivity index (χ2n) is 6.54. The maximum atomic E-state index is 13.0. The topological polar surface area (TPSA) is 78.2 Å². The van der Waals surface area contributed by atoms with Gasteiger partial charge in [-0.3, -0.25) is 4.79 Å². The van der Waals surface area contributed by atoms with Crippen molar-refractivity contribution in [3.05, 3.63) is 65.2 Å². The smallest absolute Gasteiger partial charge is 0.244 e. The third-order valence-electron chi connectivity index (χ3n) is 4.72. The van der Waals surface area contributed by atoms with Gasteiger partial charge in [0.05, 0.1) is 10.5 Å². The highest BCUT2D eigenvalue weighted by Gasteiger charge is 2.34. The minimum Gasteiger partial charge on any atom is -0.294 e. The minimum absolute atomic E-state index is 0.00550. The van der Waals surface area contributed by atoms with Crippen LogP contribution in [0.5, 0.6) is 0 Å². The van der Waals surface area contributed by atoms with Gasteiger partial charge in [0.15, 0.2) is 5.78 Å². The molecule has 1 saturated heterocycles. The quantitative estimate of drug-likeness (QED) is 0.777. The highest BCUT2D eigenvalue weighted by molar-refractivity contribution is 7.89. The van der Waals surface area contributed by atoms with Crippen LogP contribution in [0.15, 0.2) is 53.4 Å². The van der Waals surface area contributed by atoms with E-state index in [0.29, 0.717) is 24.9 Å². The standard InChI is InChI=1S/C20H20N2O3S/c1-15-8-10-16(11-9-15)20(23)18-6-4-12-22(14-18)26(24,25)19-7-3-2-5-17(19)13-21/h2-3,5,7-11,18H,4,6,12,14H2,1H3. The van der Waals surface area contributed by atoms with Crippen molar-refractivity contribution in [2.75, 3.05) is 13.1 Å². The first-order chi connectivity index (χ1) is 12.4. The number of Topliss-reactive ketones (excluding diaryl/α,β-unsaturated/α-hetero) is 1. The summed E-state index contributed by atoms with van der Waals surface area (Å²) in [5.74, 6) is -0.394. The average molecular weight is 368 g/mol. The molecule has 0 aromatic heterocycles. The highest BCUT2D eigenvalue weighted by Crippen LogP contribution is 2.27. The molecule has 0 aliphatic carbocycles. The molecule has 1 heterocycles. The number of sulfonamides is 1. The van der Waals surface area contributed by atoms with Crippen molar-refractivity contribution >= 4 is 15.8 Å². The Hall–Kier alpha value is -2.49. The summed E-state index contributed by atoms with van der Waals surface area (Å²) in [5, 5.41) is 9.20. The van der Waals surface area contributed by atoms with Crippen molar-refractivity contribution in [3.8, 4) is 6.07 Å². The van der Waals surface area contributed by atoms with E-state index in [1.54, 1.807) is 24.3 Å². The first-order valence-electron chi connectivity index (χ1n) is 8.53. The first-order valence-corrected chi connectivity index (χ1v) is 9.97. The summed E-state index contributed by atoms with van der Waals surface area (Å²) < 4.78 is 27.3. The summed E-state index contributed by atoms with van der Waals surface area (Å²) in [6.45, 7) is 2.46. The van der Waals surface area contributed by atoms with Crippen LogP contribution < -0.4 is 0 Å². The molecule has 2 aromatic rings. The van der Waals surface area contributed by atoms with Crippen LogP contribution in [-0.2, 0) is 10.0 Å². The lowest BCUT2D eigenvalue weighted by atomic mass is 9.91. The molecule has 1 unspecified atom stereocenters. The van der Waals surface area contributed by atoms with E-state index in [-0.39, 0.29) is 28.7 Å². The second-order valence-corrected chi connectivity index (χ2v) is 8.45. The van der Waals surface area contributed by atoms with Crippen LogP contribution in [0, 0.1) is 24.2 Å². The molecule has 0 bridgehead atoms. The third kappa shape index (κ3) is 3.55. The van der Waals surface area contributed by atoms with Crippen LogP contribution in [0.2, 0.25) is 0 Å². The fourth-order valence-electron chi connectivity index (χ4n) is 3.25. The lowest BCUT2D eigenvalue weighted by Crippen LogP contribution is -2.42. The molecule has 1 fully saturated rings. The summed E-state index contributed by atoms with van der Waals surface area (Å²) in [6.07, 6.45) is 1.29. The average Bonchev–Trinajstić information content (AvgIpc) is 2.68. The number of aryl methyl sites for hydroxylation is 1. The molecule has 1 aliphatic heterocycles. The third-order valence-corrected chi connectivity index (χ3v) is 6.64. The Morgan fingerprint density at radius 2 is 1.85 bits per heavy atom. The summed E-state index contributed by atoms with van der Waals surface area (Å²) in [7, 11) is -3.80. The summed E-state index contributed by atoms with van der Waals surface area (Å²) in [4.78, 5) is 12.8. The Kier molecular flexibility index (Phi) is 5.21. The molecule has 6 heteroatoms. The van der Waals surface area contributed by atoms with E-state index in [4.69, 9.17) is 0 Å². The molecule has 0 radical (unpaired) electrons. The van der Waals surface area contributed by atoms with Gasteiger partial charge >= 0.3 is 0 Å². The van der Waals surface area contributed by atoms with E-state index in [2.05, 4.69) is 0 Å². The van der Waals surface area contributed by atoms with Gasteiger partial charge in [-0.15, -0.1) is 0 Å². The van der Waals surface area contributed by atoms with Crippen LogP contribution in [0.4, 0.5) is 0 Å². The number of hydrogen-bond donors (Lipinski definition) is 0. The molecule has 0 spiro atoms. The number of rotatable bonds is 4. The maximum Gasteiger partial charge on any atom is 0.244 e. The van der Waals surface area contributed by atoms with Gasteiger partial charge in [-0.25, -0.2) is 8.42 Å². The molecule has 1 aliphatic rings. The Balaban J connectivity index is 1.85. The van der Waals surface area contributed by atoms with Crippen molar-refractivity contribution in [3.63, 3.8) is 0 Å². The molecule has 1 atom stereocenters. The van der Waals surface area contributed by atoms with Gasteiger partial charge in [0.25, 0.3) is 0 Å². The zero-order chi connectivity index (χ0) is 18.7. The Bertz CT molecular complexity index is 959. The number of carbonyl (C=O) groups is 1. The molecular formula is C20H20N2O3S. The Morgan fingerprint density at radius 3 is 2.54 bits per heavy atom. The van der Waals surface area contributed by atoms with Crippen LogP contribution in [0.1, 0.15) is 34.3 Å². The maximum absolute atomic E-state index is 13.0. The van der Waals surface area contributed by atoms with Crippen molar-refractivity contribution in [1.82, 2.24) is 4.31 Å². The van der Waals surface area contributed by atoms with Gasteiger partial charge < -0.3 is 0 Å². The second kappa shape index (κ2) is 7.40. The van der Waals surface area contributed by atoms with Crippen molar-refractivity contribution in [2.24, 2.45) is 5.92 Å². The van der Waals surface area contributed by atoms with E-state index < -0.39 is 10.0 Å². The lowest BCUT2D eigenvalue weighted by Gasteiger charge is -2.31. The fourth-order valence-corrected chi connectivity index (χ4v) is 4.92.